The normalized spacial score (nSPS) is 16.4. The first kappa shape index (κ1) is 21.8. The van der Waals surface area contributed by atoms with E-state index in [1.165, 1.54) is 25.3 Å². The van der Waals surface area contributed by atoms with Crippen molar-refractivity contribution in [2.75, 3.05) is 6.61 Å². The van der Waals surface area contributed by atoms with Crippen molar-refractivity contribution in [3.8, 4) is 5.75 Å². The quantitative estimate of drug-likeness (QED) is 0.393. The van der Waals surface area contributed by atoms with E-state index < -0.39 is 11.8 Å². The smallest absolute Gasteiger partial charge is 0.303 e. The Morgan fingerprint density at radius 1 is 1.52 bits per heavy atom. The second-order valence-corrected chi connectivity index (χ2v) is 8.45. The first-order valence-corrected chi connectivity index (χ1v) is 10.4. The largest absolute Gasteiger partial charge is 0.489 e. The summed E-state index contributed by atoms with van der Waals surface area (Å²) in [5.74, 6) is -1.55. The topological polar surface area (TPSA) is 58.9 Å². The molecule has 0 spiro atoms. The molecule has 148 valence electrons. The van der Waals surface area contributed by atoms with Crippen molar-refractivity contribution < 1.29 is 19.0 Å². The molecule has 1 N–H and O–H groups in total. The first-order chi connectivity index (χ1) is 12.9. The summed E-state index contributed by atoms with van der Waals surface area (Å²) in [6, 6.07) is 2.99. The molecule has 1 unspecified atom stereocenters. The van der Waals surface area contributed by atoms with E-state index in [-0.39, 0.29) is 35.6 Å². The highest BCUT2D eigenvalue weighted by Gasteiger charge is 2.21. The molecule has 0 aliphatic heterocycles. The predicted octanol–water partition coefficient (Wildman–Crippen LogP) is 5.72. The van der Waals surface area contributed by atoms with Crippen LogP contribution in [0.5, 0.6) is 5.75 Å². The van der Waals surface area contributed by atoms with Crippen LogP contribution in [0, 0.1) is 5.82 Å². The van der Waals surface area contributed by atoms with Gasteiger partial charge in [0.2, 0.25) is 0 Å². The van der Waals surface area contributed by atoms with Gasteiger partial charge in [0.1, 0.15) is 0 Å². The molecule has 1 atom stereocenters. The van der Waals surface area contributed by atoms with Crippen LogP contribution in [-0.4, -0.2) is 34.0 Å². The van der Waals surface area contributed by atoms with Crippen LogP contribution in [-0.2, 0) is 4.79 Å². The van der Waals surface area contributed by atoms with E-state index in [0.29, 0.717) is 16.5 Å². The first-order valence-electron chi connectivity index (χ1n) is 9.10. The highest BCUT2D eigenvalue weighted by molar-refractivity contribution is 8.00. The zero-order valence-electron chi connectivity index (χ0n) is 15.6. The highest BCUT2D eigenvalue weighted by atomic mass is 35.5. The average Bonchev–Trinajstić information content (AvgIpc) is 2.56. The van der Waals surface area contributed by atoms with Crippen LogP contribution in [0.4, 0.5) is 4.39 Å². The van der Waals surface area contributed by atoms with Crippen LogP contribution in [0.2, 0.25) is 5.02 Å². The molecule has 1 fully saturated rings. The number of nitrogens with zero attached hydrogens (tertiary/aromatic N) is 1. The minimum atomic E-state index is -0.915. The standard InChI is InChI=1S/C20H25ClFNO3S/c1-3-6-18(23-13(2)27-15-7-4-8-15)14-11-16(21)20(17(22)12-14)26-10-5-9-19(24)25/h3,6,11-13,15H,4-5,7-10H2,1-2H3,(H,24,25)/b6-3-,23-18?. The molecule has 0 radical (unpaired) electrons. The number of carbonyl (C=O) groups is 1. The van der Waals surface area contributed by atoms with Gasteiger partial charge in [-0.05, 0) is 51.3 Å². The van der Waals surface area contributed by atoms with Crippen LogP contribution in [0.15, 0.2) is 29.3 Å². The Kier molecular flexibility index (Phi) is 8.64. The molecule has 2 rings (SSSR count). The summed E-state index contributed by atoms with van der Waals surface area (Å²) in [7, 11) is 0. The van der Waals surface area contributed by atoms with E-state index >= 15 is 0 Å². The number of thioether (sulfide) groups is 1. The number of halogens is 2. The number of aliphatic carboxylic acids is 1. The maximum atomic E-state index is 14.5. The zero-order chi connectivity index (χ0) is 19.8. The van der Waals surface area contributed by atoms with Crippen LogP contribution in [0.3, 0.4) is 0 Å². The Balaban J connectivity index is 2.12. The van der Waals surface area contributed by atoms with Crippen LogP contribution < -0.4 is 4.74 Å². The molecular weight excluding hydrogens is 389 g/mol. The van der Waals surface area contributed by atoms with Gasteiger partial charge in [0, 0.05) is 17.2 Å². The highest BCUT2D eigenvalue weighted by Crippen LogP contribution is 2.35. The Labute approximate surface area is 168 Å². The Morgan fingerprint density at radius 2 is 2.26 bits per heavy atom. The number of ether oxygens (including phenoxy) is 1. The molecule has 0 heterocycles. The Bertz CT molecular complexity index is 696. The van der Waals surface area contributed by atoms with Crippen LogP contribution in [0.1, 0.15) is 51.5 Å². The molecule has 7 heteroatoms. The number of allylic oxidation sites excluding steroid dienone is 2. The summed E-state index contributed by atoms with van der Waals surface area (Å²) in [6.45, 7) is 4.02. The van der Waals surface area contributed by atoms with Crippen molar-refractivity contribution >= 4 is 35.0 Å². The number of carboxylic acids is 1. The summed E-state index contributed by atoms with van der Waals surface area (Å²) in [5.41, 5.74) is 1.27. The third kappa shape index (κ3) is 6.85. The second kappa shape index (κ2) is 10.7. The predicted molar refractivity (Wildman–Crippen MR) is 110 cm³/mol. The fourth-order valence-corrected chi connectivity index (χ4v) is 4.23. The molecule has 1 saturated carbocycles. The Hall–Kier alpha value is -1.53. The fourth-order valence-electron chi connectivity index (χ4n) is 2.63. The van der Waals surface area contributed by atoms with Gasteiger partial charge in [-0.15, -0.1) is 11.8 Å². The van der Waals surface area contributed by atoms with Gasteiger partial charge >= 0.3 is 5.97 Å². The monoisotopic (exact) mass is 413 g/mol. The SMILES string of the molecule is C/C=C\C(=NC(C)SC1CCC1)c1cc(F)c(OCCCC(=O)O)c(Cl)c1. The van der Waals surface area contributed by atoms with Gasteiger partial charge in [-0.3, -0.25) is 9.79 Å². The molecular formula is C20H25ClFNO3S. The molecule has 4 nitrogen and oxygen atoms in total. The summed E-state index contributed by atoms with van der Waals surface area (Å²) in [5, 5.41) is 9.53. The number of carboxylic acid groups (broad SMARTS) is 1. The van der Waals surface area contributed by atoms with E-state index in [1.54, 1.807) is 6.07 Å². The number of rotatable bonds is 10. The van der Waals surface area contributed by atoms with Gasteiger partial charge in [0.05, 0.1) is 22.7 Å². The zero-order valence-corrected chi connectivity index (χ0v) is 17.2. The number of hydrogen-bond donors (Lipinski definition) is 1. The van der Waals surface area contributed by atoms with Crippen LogP contribution >= 0.6 is 23.4 Å². The average molecular weight is 414 g/mol. The maximum absolute atomic E-state index is 14.5. The minimum absolute atomic E-state index is 0.0357. The number of aliphatic imine (C=N–C) groups is 1. The van der Waals surface area contributed by atoms with E-state index in [4.69, 9.17) is 26.4 Å². The number of hydrogen-bond acceptors (Lipinski definition) is 4. The lowest BCUT2D eigenvalue weighted by Crippen LogP contribution is -2.16. The van der Waals surface area contributed by atoms with Crippen molar-refractivity contribution in [3.05, 3.63) is 40.7 Å². The van der Waals surface area contributed by atoms with Gasteiger partial charge < -0.3 is 9.84 Å². The van der Waals surface area contributed by atoms with E-state index in [9.17, 15) is 9.18 Å². The summed E-state index contributed by atoms with van der Waals surface area (Å²) < 4.78 is 19.8. The summed E-state index contributed by atoms with van der Waals surface area (Å²) in [4.78, 5) is 15.3. The van der Waals surface area contributed by atoms with Crippen LogP contribution in [0.25, 0.3) is 0 Å². The lowest BCUT2D eigenvalue weighted by molar-refractivity contribution is -0.137. The van der Waals surface area contributed by atoms with Crippen molar-refractivity contribution in [1.29, 1.82) is 0 Å². The van der Waals surface area contributed by atoms with Gasteiger partial charge in [-0.1, -0.05) is 24.1 Å². The molecule has 0 bridgehead atoms. The fraction of sp³-hybridized carbons (Fsp3) is 0.500. The third-order valence-corrected chi connectivity index (χ3v) is 5.80. The second-order valence-electron chi connectivity index (χ2n) is 6.42. The van der Waals surface area contributed by atoms with Crippen molar-refractivity contribution in [2.45, 2.75) is 56.6 Å². The van der Waals surface area contributed by atoms with Gasteiger partial charge in [0.15, 0.2) is 11.6 Å². The molecule has 1 aliphatic rings. The molecule has 27 heavy (non-hydrogen) atoms. The van der Waals surface area contributed by atoms with Gasteiger partial charge in [-0.2, -0.15) is 0 Å². The molecule has 1 aromatic rings. The molecule has 0 aromatic heterocycles. The molecule has 0 saturated heterocycles. The third-order valence-electron chi connectivity index (χ3n) is 4.16. The van der Waals surface area contributed by atoms with Gasteiger partial charge in [-0.25, -0.2) is 4.39 Å². The molecule has 0 amide bonds. The van der Waals surface area contributed by atoms with E-state index in [0.717, 1.165) is 0 Å². The van der Waals surface area contributed by atoms with Crippen molar-refractivity contribution in [2.24, 2.45) is 4.99 Å². The maximum Gasteiger partial charge on any atom is 0.303 e. The molecule has 1 aromatic carbocycles. The lowest BCUT2D eigenvalue weighted by atomic mass is 10.0. The summed E-state index contributed by atoms with van der Waals surface area (Å²) >= 11 is 8.05. The number of benzene rings is 1. The summed E-state index contributed by atoms with van der Waals surface area (Å²) in [6.07, 6.45) is 7.71. The minimum Gasteiger partial charge on any atom is -0.489 e. The van der Waals surface area contributed by atoms with E-state index in [2.05, 4.69) is 0 Å². The lowest BCUT2D eigenvalue weighted by Gasteiger charge is -2.26. The van der Waals surface area contributed by atoms with Crippen molar-refractivity contribution in [3.63, 3.8) is 0 Å². The molecule has 1 aliphatic carbocycles. The van der Waals surface area contributed by atoms with Gasteiger partial charge in [0.25, 0.3) is 0 Å². The Morgan fingerprint density at radius 3 is 2.81 bits per heavy atom. The van der Waals surface area contributed by atoms with Crippen molar-refractivity contribution in [1.82, 2.24) is 0 Å². The van der Waals surface area contributed by atoms with E-state index in [1.807, 2.05) is 37.8 Å².